The summed E-state index contributed by atoms with van der Waals surface area (Å²) in [5.74, 6) is 1.83. The third-order valence-electron chi connectivity index (χ3n) is 4.17. The van der Waals surface area contributed by atoms with Gasteiger partial charge >= 0.3 is 0 Å². The maximum atomic E-state index is 6.17. The quantitative estimate of drug-likeness (QED) is 0.820. The predicted molar refractivity (Wildman–Crippen MR) is 93.9 cm³/mol. The van der Waals surface area contributed by atoms with Gasteiger partial charge in [0.05, 0.1) is 0 Å². The van der Waals surface area contributed by atoms with Gasteiger partial charge in [0.2, 0.25) is 0 Å². The van der Waals surface area contributed by atoms with E-state index in [-0.39, 0.29) is 0 Å². The summed E-state index contributed by atoms with van der Waals surface area (Å²) < 4.78 is 6.17. The molecular formula is C20H25N2O. The molecule has 0 N–H and O–H groups in total. The summed E-state index contributed by atoms with van der Waals surface area (Å²) in [6.07, 6.45) is 3.64. The molecule has 0 bridgehead atoms. The minimum absolute atomic E-state index is 0.329. The van der Waals surface area contributed by atoms with Crippen molar-refractivity contribution in [3.05, 3.63) is 59.7 Å². The zero-order valence-corrected chi connectivity index (χ0v) is 14.0. The van der Waals surface area contributed by atoms with Gasteiger partial charge in [0.1, 0.15) is 11.5 Å². The normalized spacial score (nSPS) is 18.1. The van der Waals surface area contributed by atoms with Gasteiger partial charge in [-0.2, -0.15) is 0 Å². The molecular weight excluding hydrogens is 284 g/mol. The topological polar surface area (TPSA) is 26.6 Å². The fraction of sp³-hybridized carbons (Fsp3) is 0.400. The smallest absolute Gasteiger partial charge is 0.132 e. The summed E-state index contributed by atoms with van der Waals surface area (Å²) in [6, 6.07) is 16.9. The van der Waals surface area contributed by atoms with Crippen LogP contribution in [0.15, 0.2) is 48.5 Å². The van der Waals surface area contributed by atoms with Crippen molar-refractivity contribution < 1.29 is 4.74 Å². The molecule has 121 valence electrons. The SMILES string of the molecule is CN(C)Cc1ccc(C2CCCC[N]2)cc1Oc1ccccc1. The Morgan fingerprint density at radius 2 is 1.91 bits per heavy atom. The number of rotatable bonds is 5. The summed E-state index contributed by atoms with van der Waals surface area (Å²) in [7, 11) is 4.16. The van der Waals surface area contributed by atoms with Crippen LogP contribution in [-0.4, -0.2) is 25.5 Å². The summed E-state index contributed by atoms with van der Waals surface area (Å²) in [5.41, 5.74) is 2.48. The Kier molecular flexibility index (Phi) is 5.31. The lowest BCUT2D eigenvalue weighted by molar-refractivity contribution is 0.384. The molecule has 3 heteroatoms. The van der Waals surface area contributed by atoms with E-state index >= 15 is 0 Å². The molecule has 2 aromatic carbocycles. The van der Waals surface area contributed by atoms with Gasteiger partial charge in [0.25, 0.3) is 0 Å². The molecule has 23 heavy (non-hydrogen) atoms. The number of para-hydroxylation sites is 1. The molecule has 3 nitrogen and oxygen atoms in total. The summed E-state index contributed by atoms with van der Waals surface area (Å²) in [4.78, 5) is 2.16. The average Bonchev–Trinajstić information content (AvgIpc) is 2.58. The standard InChI is InChI=1S/C20H25N2O/c1-22(2)15-17-12-11-16(19-10-6-7-13-21-19)14-20(17)23-18-8-4-3-5-9-18/h3-5,8-9,11-12,14,19H,6-7,10,13,15H2,1-2H3. The first kappa shape index (κ1) is 16.0. The second-order valence-electron chi connectivity index (χ2n) is 6.44. The first-order chi connectivity index (χ1) is 11.2. The van der Waals surface area contributed by atoms with Gasteiger partial charge in [-0.25, -0.2) is 5.32 Å². The third kappa shape index (κ3) is 4.34. The highest BCUT2D eigenvalue weighted by Crippen LogP contribution is 2.32. The lowest BCUT2D eigenvalue weighted by Gasteiger charge is -2.23. The van der Waals surface area contributed by atoms with E-state index in [1.807, 2.05) is 30.3 Å². The number of nitrogens with zero attached hydrogens (tertiary/aromatic N) is 2. The largest absolute Gasteiger partial charge is 0.457 e. The highest BCUT2D eigenvalue weighted by molar-refractivity contribution is 5.42. The average molecular weight is 309 g/mol. The molecule has 1 heterocycles. The Hall–Kier alpha value is -1.84. The van der Waals surface area contributed by atoms with Crippen LogP contribution in [0.4, 0.5) is 0 Å². The highest BCUT2D eigenvalue weighted by Gasteiger charge is 2.18. The predicted octanol–water partition coefficient (Wildman–Crippen LogP) is 4.37. The number of ether oxygens (including phenoxy) is 1. The summed E-state index contributed by atoms with van der Waals surface area (Å²) in [6.45, 7) is 1.85. The van der Waals surface area contributed by atoms with Crippen molar-refractivity contribution in [1.82, 2.24) is 10.2 Å². The van der Waals surface area contributed by atoms with Crippen LogP contribution in [0.1, 0.15) is 36.4 Å². The molecule has 2 aromatic rings. The van der Waals surface area contributed by atoms with Crippen LogP contribution in [0.25, 0.3) is 0 Å². The molecule has 3 rings (SSSR count). The molecule has 1 unspecified atom stereocenters. The zero-order chi connectivity index (χ0) is 16.1. The first-order valence-corrected chi connectivity index (χ1v) is 8.39. The molecule has 0 saturated carbocycles. The van der Waals surface area contributed by atoms with E-state index in [9.17, 15) is 0 Å². The fourth-order valence-electron chi connectivity index (χ4n) is 3.02. The van der Waals surface area contributed by atoms with Gasteiger partial charge in [-0.1, -0.05) is 36.8 Å². The third-order valence-corrected chi connectivity index (χ3v) is 4.17. The Labute approximate surface area is 139 Å². The minimum Gasteiger partial charge on any atom is -0.457 e. The molecule has 0 amide bonds. The minimum atomic E-state index is 0.329. The van der Waals surface area contributed by atoms with Crippen LogP contribution in [0.2, 0.25) is 0 Å². The maximum Gasteiger partial charge on any atom is 0.132 e. The van der Waals surface area contributed by atoms with Crippen LogP contribution in [-0.2, 0) is 6.54 Å². The number of hydrogen-bond donors (Lipinski definition) is 0. The van der Waals surface area contributed by atoms with Crippen LogP contribution < -0.4 is 10.1 Å². The lowest BCUT2D eigenvalue weighted by Crippen LogP contribution is -2.20. The van der Waals surface area contributed by atoms with Gasteiger partial charge in [0.15, 0.2) is 0 Å². The molecule has 1 saturated heterocycles. The Bertz CT molecular complexity index is 619. The van der Waals surface area contributed by atoms with E-state index in [2.05, 4.69) is 37.2 Å². The molecule has 1 radical (unpaired) electrons. The van der Waals surface area contributed by atoms with Crippen molar-refractivity contribution in [3.63, 3.8) is 0 Å². The van der Waals surface area contributed by atoms with Gasteiger partial charge in [-0.05, 0) is 50.7 Å². The zero-order valence-electron chi connectivity index (χ0n) is 14.0. The van der Waals surface area contributed by atoms with Crippen molar-refractivity contribution in [2.45, 2.75) is 31.8 Å². The van der Waals surface area contributed by atoms with Crippen molar-refractivity contribution >= 4 is 0 Å². The Morgan fingerprint density at radius 1 is 1.09 bits per heavy atom. The molecule has 1 fully saturated rings. The molecule has 1 atom stereocenters. The van der Waals surface area contributed by atoms with Gasteiger partial charge in [0, 0.05) is 24.7 Å². The monoisotopic (exact) mass is 309 g/mol. The van der Waals surface area contributed by atoms with E-state index in [1.165, 1.54) is 24.0 Å². The van der Waals surface area contributed by atoms with Crippen LogP contribution in [0, 0.1) is 0 Å². The van der Waals surface area contributed by atoms with Gasteiger partial charge in [-0.15, -0.1) is 0 Å². The number of benzene rings is 2. The van der Waals surface area contributed by atoms with Crippen molar-refractivity contribution in [2.75, 3.05) is 20.6 Å². The first-order valence-electron chi connectivity index (χ1n) is 8.39. The van der Waals surface area contributed by atoms with E-state index < -0.39 is 0 Å². The van der Waals surface area contributed by atoms with Gasteiger partial charge < -0.3 is 9.64 Å². The van der Waals surface area contributed by atoms with Crippen LogP contribution >= 0.6 is 0 Å². The maximum absolute atomic E-state index is 6.17. The molecule has 1 aliphatic heterocycles. The van der Waals surface area contributed by atoms with E-state index in [0.29, 0.717) is 6.04 Å². The highest BCUT2D eigenvalue weighted by atomic mass is 16.5. The van der Waals surface area contributed by atoms with Crippen LogP contribution in [0.5, 0.6) is 11.5 Å². The van der Waals surface area contributed by atoms with Crippen molar-refractivity contribution in [1.29, 1.82) is 0 Å². The Balaban J connectivity index is 1.88. The lowest BCUT2D eigenvalue weighted by atomic mass is 9.96. The number of piperidine rings is 1. The molecule has 0 aromatic heterocycles. The number of hydrogen-bond acceptors (Lipinski definition) is 2. The van der Waals surface area contributed by atoms with Crippen molar-refractivity contribution in [2.24, 2.45) is 0 Å². The van der Waals surface area contributed by atoms with Gasteiger partial charge in [-0.3, -0.25) is 0 Å². The summed E-state index contributed by atoms with van der Waals surface area (Å²) in [5, 5.41) is 4.77. The van der Waals surface area contributed by atoms with E-state index in [4.69, 9.17) is 10.1 Å². The molecule has 0 spiro atoms. The van der Waals surface area contributed by atoms with E-state index in [1.54, 1.807) is 0 Å². The van der Waals surface area contributed by atoms with Crippen molar-refractivity contribution in [3.8, 4) is 11.5 Å². The van der Waals surface area contributed by atoms with E-state index in [0.717, 1.165) is 31.0 Å². The molecule has 1 aliphatic rings. The Morgan fingerprint density at radius 3 is 2.61 bits per heavy atom. The second kappa shape index (κ2) is 7.62. The molecule has 0 aliphatic carbocycles. The fourth-order valence-corrected chi connectivity index (χ4v) is 3.02. The summed E-state index contributed by atoms with van der Waals surface area (Å²) >= 11 is 0. The van der Waals surface area contributed by atoms with Crippen LogP contribution in [0.3, 0.4) is 0 Å². The second-order valence-corrected chi connectivity index (χ2v) is 6.44.